The maximum atomic E-state index is 13.2. The molecule has 2 heterocycles. The van der Waals surface area contributed by atoms with Crippen LogP contribution in [0, 0.1) is 5.92 Å². The summed E-state index contributed by atoms with van der Waals surface area (Å²) in [5.41, 5.74) is 1.05. The fourth-order valence-corrected chi connectivity index (χ4v) is 5.29. The number of amides is 1. The van der Waals surface area contributed by atoms with Crippen LogP contribution >= 0.6 is 23.4 Å². The van der Waals surface area contributed by atoms with E-state index < -0.39 is 6.17 Å². The van der Waals surface area contributed by atoms with Gasteiger partial charge in [-0.25, -0.2) is 4.39 Å². The summed E-state index contributed by atoms with van der Waals surface area (Å²) in [5.74, 6) is 1.48. The van der Waals surface area contributed by atoms with Crippen molar-refractivity contribution >= 4 is 35.0 Å². The van der Waals surface area contributed by atoms with E-state index in [9.17, 15) is 9.18 Å². The number of rotatable bonds is 5. The Morgan fingerprint density at radius 1 is 1.35 bits per heavy atom. The van der Waals surface area contributed by atoms with Gasteiger partial charge in [0, 0.05) is 6.42 Å². The summed E-state index contributed by atoms with van der Waals surface area (Å²) in [6, 6.07) is 0. The van der Waals surface area contributed by atoms with Crippen molar-refractivity contribution in [1.82, 2.24) is 5.32 Å². The topological polar surface area (TPSA) is 50.7 Å². The molecular formula is C16H24ClFN2O2S. The molecule has 0 spiro atoms. The standard InChI is InChI=1S/C16H24ClFN2O2S/c17-14-5-6-23-15(14)16(21)19-9-13-8-12(20-22-13)7-10-1-3-11(18)4-2-10/h10-11,13-15H,1-9H2,(H,19,21)/t10?,11?,13-,14?,15?/m0/s1. The lowest BCUT2D eigenvalue weighted by Crippen LogP contribution is -2.39. The summed E-state index contributed by atoms with van der Waals surface area (Å²) in [4.78, 5) is 17.5. The molecule has 2 aliphatic heterocycles. The molecular weight excluding hydrogens is 339 g/mol. The van der Waals surface area contributed by atoms with Crippen molar-refractivity contribution in [1.29, 1.82) is 0 Å². The van der Waals surface area contributed by atoms with E-state index in [2.05, 4.69) is 10.5 Å². The van der Waals surface area contributed by atoms with Gasteiger partial charge in [-0.05, 0) is 50.2 Å². The first-order chi connectivity index (χ1) is 11.1. The van der Waals surface area contributed by atoms with E-state index in [0.29, 0.717) is 25.3 Å². The van der Waals surface area contributed by atoms with Gasteiger partial charge in [0.25, 0.3) is 0 Å². The van der Waals surface area contributed by atoms with E-state index in [-0.39, 0.29) is 22.6 Å². The summed E-state index contributed by atoms with van der Waals surface area (Å²) in [7, 11) is 0. The Kier molecular flexibility index (Phi) is 6.07. The highest BCUT2D eigenvalue weighted by atomic mass is 35.5. The molecule has 1 amide bonds. The minimum absolute atomic E-state index is 0.00539. The summed E-state index contributed by atoms with van der Waals surface area (Å²) < 4.78 is 13.2. The zero-order chi connectivity index (χ0) is 16.2. The quantitative estimate of drug-likeness (QED) is 0.763. The molecule has 1 saturated heterocycles. The fraction of sp³-hybridized carbons (Fsp3) is 0.875. The van der Waals surface area contributed by atoms with Crippen molar-refractivity contribution in [2.45, 2.75) is 67.8 Å². The highest BCUT2D eigenvalue weighted by molar-refractivity contribution is 8.01. The molecule has 0 aromatic carbocycles. The number of carbonyl (C=O) groups is 1. The Balaban J connectivity index is 1.35. The number of alkyl halides is 2. The lowest BCUT2D eigenvalue weighted by atomic mass is 9.84. The van der Waals surface area contributed by atoms with E-state index in [1.807, 2.05) is 0 Å². The SMILES string of the molecule is O=C(NC[C@@H]1CC(CC2CCC(F)CC2)=NO1)C1SCCC1Cl. The number of carbonyl (C=O) groups excluding carboxylic acids is 1. The number of hydrogen-bond acceptors (Lipinski definition) is 4. The minimum Gasteiger partial charge on any atom is -0.390 e. The van der Waals surface area contributed by atoms with Crippen LogP contribution in [0.2, 0.25) is 0 Å². The summed E-state index contributed by atoms with van der Waals surface area (Å²) in [6.45, 7) is 0.476. The van der Waals surface area contributed by atoms with Crippen molar-refractivity contribution in [3.63, 3.8) is 0 Å². The first kappa shape index (κ1) is 17.3. The van der Waals surface area contributed by atoms with Gasteiger partial charge in [-0.2, -0.15) is 0 Å². The number of nitrogens with zero attached hydrogens (tertiary/aromatic N) is 1. The zero-order valence-electron chi connectivity index (χ0n) is 13.2. The predicted molar refractivity (Wildman–Crippen MR) is 91.9 cm³/mol. The number of halogens is 2. The zero-order valence-corrected chi connectivity index (χ0v) is 14.8. The van der Waals surface area contributed by atoms with Gasteiger partial charge in [-0.15, -0.1) is 23.4 Å². The smallest absolute Gasteiger partial charge is 0.234 e. The number of oxime groups is 1. The number of thioether (sulfide) groups is 1. The Morgan fingerprint density at radius 2 is 2.13 bits per heavy atom. The molecule has 1 N–H and O–H groups in total. The highest BCUT2D eigenvalue weighted by Gasteiger charge is 2.33. The molecule has 3 aliphatic rings. The van der Waals surface area contributed by atoms with Crippen LogP contribution in [0.4, 0.5) is 4.39 Å². The predicted octanol–water partition coefficient (Wildman–Crippen LogP) is 3.28. The number of hydrogen-bond donors (Lipinski definition) is 1. The second-order valence-electron chi connectivity index (χ2n) is 6.75. The lowest BCUT2D eigenvalue weighted by Gasteiger charge is -2.23. The second-order valence-corrected chi connectivity index (χ2v) is 8.56. The monoisotopic (exact) mass is 362 g/mol. The lowest BCUT2D eigenvalue weighted by molar-refractivity contribution is -0.121. The maximum Gasteiger partial charge on any atom is 0.234 e. The van der Waals surface area contributed by atoms with E-state index in [0.717, 1.165) is 43.6 Å². The Morgan fingerprint density at radius 3 is 2.83 bits per heavy atom. The van der Waals surface area contributed by atoms with Crippen LogP contribution in [0.25, 0.3) is 0 Å². The van der Waals surface area contributed by atoms with Gasteiger partial charge >= 0.3 is 0 Å². The Bertz CT molecular complexity index is 457. The van der Waals surface area contributed by atoms with Gasteiger partial charge in [0.1, 0.15) is 12.3 Å². The molecule has 4 nitrogen and oxygen atoms in total. The molecule has 3 atom stereocenters. The first-order valence-corrected chi connectivity index (χ1v) is 9.99. The molecule has 1 aliphatic carbocycles. The van der Waals surface area contributed by atoms with Crippen molar-refractivity contribution in [2.24, 2.45) is 11.1 Å². The van der Waals surface area contributed by atoms with Crippen molar-refractivity contribution < 1.29 is 14.0 Å². The van der Waals surface area contributed by atoms with Crippen LogP contribution < -0.4 is 5.32 Å². The molecule has 7 heteroatoms. The van der Waals surface area contributed by atoms with Crippen LogP contribution in [0.1, 0.15) is 44.9 Å². The van der Waals surface area contributed by atoms with Gasteiger partial charge in [-0.1, -0.05) is 5.16 Å². The van der Waals surface area contributed by atoms with E-state index >= 15 is 0 Å². The summed E-state index contributed by atoms with van der Waals surface area (Å²) in [5, 5.41) is 6.88. The molecule has 1 saturated carbocycles. The third-order valence-electron chi connectivity index (χ3n) is 4.88. The van der Waals surface area contributed by atoms with Gasteiger partial charge in [0.2, 0.25) is 5.91 Å². The minimum atomic E-state index is -0.616. The van der Waals surface area contributed by atoms with E-state index in [1.54, 1.807) is 11.8 Å². The van der Waals surface area contributed by atoms with Crippen LogP contribution in [0.15, 0.2) is 5.16 Å². The maximum absolute atomic E-state index is 13.2. The highest BCUT2D eigenvalue weighted by Crippen LogP contribution is 2.32. The molecule has 2 fully saturated rings. The van der Waals surface area contributed by atoms with Gasteiger partial charge in [-0.3, -0.25) is 4.79 Å². The fourth-order valence-electron chi connectivity index (χ4n) is 3.49. The molecule has 130 valence electrons. The molecule has 3 rings (SSSR count). The van der Waals surface area contributed by atoms with Gasteiger partial charge in [0.05, 0.1) is 22.9 Å². The Hall–Kier alpha value is -0.490. The Labute approximate surface area is 145 Å². The largest absolute Gasteiger partial charge is 0.390 e. The molecule has 0 bridgehead atoms. The first-order valence-electron chi connectivity index (χ1n) is 8.51. The molecule has 0 aromatic heterocycles. The van der Waals surface area contributed by atoms with Crippen molar-refractivity contribution in [3.8, 4) is 0 Å². The van der Waals surface area contributed by atoms with Crippen molar-refractivity contribution in [2.75, 3.05) is 12.3 Å². The van der Waals surface area contributed by atoms with Gasteiger partial charge in [0.15, 0.2) is 0 Å². The van der Waals surface area contributed by atoms with E-state index in [1.165, 1.54) is 0 Å². The second kappa shape index (κ2) is 8.06. The average molecular weight is 363 g/mol. The summed E-state index contributed by atoms with van der Waals surface area (Å²) >= 11 is 7.77. The molecule has 2 unspecified atom stereocenters. The number of nitrogens with one attached hydrogen (secondary N) is 1. The van der Waals surface area contributed by atoms with Crippen LogP contribution in [0.5, 0.6) is 0 Å². The molecule has 23 heavy (non-hydrogen) atoms. The van der Waals surface area contributed by atoms with Crippen LogP contribution in [-0.2, 0) is 9.63 Å². The molecule has 0 aromatic rings. The third-order valence-corrected chi connectivity index (χ3v) is 6.87. The summed E-state index contributed by atoms with van der Waals surface area (Å²) in [6.07, 6.45) is 5.10. The average Bonchev–Trinajstić information content (AvgIpc) is 3.16. The van der Waals surface area contributed by atoms with Crippen LogP contribution in [0.3, 0.4) is 0 Å². The normalized spacial score (nSPS) is 37.3. The molecule has 0 radical (unpaired) electrons. The van der Waals surface area contributed by atoms with Crippen molar-refractivity contribution in [3.05, 3.63) is 0 Å². The van der Waals surface area contributed by atoms with Crippen LogP contribution in [-0.4, -0.2) is 46.8 Å². The third kappa shape index (κ3) is 4.75. The van der Waals surface area contributed by atoms with Gasteiger partial charge < -0.3 is 10.2 Å². The van der Waals surface area contributed by atoms with E-state index in [4.69, 9.17) is 16.4 Å².